The molecule has 0 bridgehead atoms. The summed E-state index contributed by atoms with van der Waals surface area (Å²) in [7, 11) is 0. The molecular weight excluding hydrogens is 263 g/mol. The van der Waals surface area contributed by atoms with Gasteiger partial charge in [-0.2, -0.15) is 0 Å². The van der Waals surface area contributed by atoms with Crippen molar-refractivity contribution in [2.24, 2.45) is 0 Å². The van der Waals surface area contributed by atoms with E-state index in [-0.39, 0.29) is 16.0 Å². The van der Waals surface area contributed by atoms with Crippen LogP contribution in [0.25, 0.3) is 0 Å². The molecule has 1 heterocycles. The van der Waals surface area contributed by atoms with E-state index in [1.54, 1.807) is 13.0 Å². The first kappa shape index (κ1) is 10.9. The third kappa shape index (κ3) is 2.38. The van der Waals surface area contributed by atoms with Crippen molar-refractivity contribution in [2.75, 3.05) is 0 Å². The third-order valence-electron chi connectivity index (χ3n) is 1.63. The Hall–Kier alpha value is -0.220. The Bertz CT molecular complexity index is 294. The van der Waals surface area contributed by atoms with E-state index >= 15 is 0 Å². The van der Waals surface area contributed by atoms with Gasteiger partial charge in [-0.1, -0.05) is 0 Å². The molecule has 0 aromatic carbocycles. The standard InChI is InChI=1S/C8H7BrClF2N/c1-4-2-5(3-10)13-7(9)6(4)8(11)12/h2,8H,3H2,1H3. The van der Waals surface area contributed by atoms with Gasteiger partial charge in [-0.25, -0.2) is 13.8 Å². The van der Waals surface area contributed by atoms with Crippen LogP contribution >= 0.6 is 27.5 Å². The van der Waals surface area contributed by atoms with Gasteiger partial charge in [0.1, 0.15) is 4.60 Å². The van der Waals surface area contributed by atoms with Crippen molar-refractivity contribution < 1.29 is 8.78 Å². The van der Waals surface area contributed by atoms with Crippen molar-refractivity contribution in [3.05, 3.63) is 27.5 Å². The normalized spacial score (nSPS) is 10.9. The van der Waals surface area contributed by atoms with Crippen LogP contribution in [-0.2, 0) is 5.88 Å². The molecule has 1 nitrogen and oxygen atoms in total. The van der Waals surface area contributed by atoms with E-state index in [4.69, 9.17) is 11.6 Å². The minimum absolute atomic E-state index is 0.0612. The number of pyridine rings is 1. The van der Waals surface area contributed by atoms with Crippen LogP contribution in [0.1, 0.15) is 23.2 Å². The molecule has 0 aliphatic rings. The van der Waals surface area contributed by atoms with Crippen molar-refractivity contribution in [1.29, 1.82) is 0 Å². The van der Waals surface area contributed by atoms with Crippen LogP contribution in [0.15, 0.2) is 10.7 Å². The van der Waals surface area contributed by atoms with Gasteiger partial charge in [0.2, 0.25) is 0 Å². The summed E-state index contributed by atoms with van der Waals surface area (Å²) in [5.74, 6) is 0.225. The molecule has 0 aliphatic heterocycles. The second kappa shape index (κ2) is 4.33. The van der Waals surface area contributed by atoms with Crippen molar-refractivity contribution in [3.8, 4) is 0 Å². The van der Waals surface area contributed by atoms with Gasteiger partial charge in [-0.05, 0) is 34.5 Å². The molecule has 0 atom stereocenters. The van der Waals surface area contributed by atoms with E-state index in [1.165, 1.54) is 0 Å². The number of nitrogens with zero attached hydrogens (tertiary/aromatic N) is 1. The van der Waals surface area contributed by atoms with E-state index < -0.39 is 6.43 Å². The summed E-state index contributed by atoms with van der Waals surface area (Å²) < 4.78 is 25.0. The molecular formula is C8H7BrClF2N. The van der Waals surface area contributed by atoms with Crippen LogP contribution in [0, 0.1) is 6.92 Å². The molecule has 72 valence electrons. The molecule has 1 rings (SSSR count). The monoisotopic (exact) mass is 269 g/mol. The van der Waals surface area contributed by atoms with Crippen molar-refractivity contribution in [1.82, 2.24) is 4.98 Å². The predicted octanol–water partition coefficient (Wildman–Crippen LogP) is 3.83. The van der Waals surface area contributed by atoms with Gasteiger partial charge in [-0.15, -0.1) is 11.6 Å². The minimum atomic E-state index is -2.51. The predicted molar refractivity (Wildman–Crippen MR) is 51.2 cm³/mol. The summed E-state index contributed by atoms with van der Waals surface area (Å²) in [4.78, 5) is 3.88. The molecule has 0 saturated heterocycles. The second-order valence-corrected chi connectivity index (χ2v) is 3.59. The first-order valence-corrected chi connectivity index (χ1v) is 4.89. The summed E-state index contributed by atoms with van der Waals surface area (Å²) in [5, 5.41) is 0. The largest absolute Gasteiger partial charge is 0.266 e. The number of alkyl halides is 3. The lowest BCUT2D eigenvalue weighted by Gasteiger charge is -2.07. The van der Waals surface area contributed by atoms with E-state index in [1.807, 2.05) is 0 Å². The van der Waals surface area contributed by atoms with Gasteiger partial charge in [0.15, 0.2) is 0 Å². The van der Waals surface area contributed by atoms with Gasteiger partial charge in [0, 0.05) is 0 Å². The third-order valence-corrected chi connectivity index (χ3v) is 2.51. The highest BCUT2D eigenvalue weighted by Gasteiger charge is 2.16. The molecule has 0 spiro atoms. The average molecular weight is 271 g/mol. The summed E-state index contributed by atoms with van der Waals surface area (Å²) in [6.07, 6.45) is -2.51. The zero-order valence-corrected chi connectivity index (χ0v) is 9.16. The fraction of sp³-hybridized carbons (Fsp3) is 0.375. The van der Waals surface area contributed by atoms with Crippen molar-refractivity contribution in [2.45, 2.75) is 19.2 Å². The molecule has 13 heavy (non-hydrogen) atoms. The smallest absolute Gasteiger partial charge is 0.244 e. The number of rotatable bonds is 2. The van der Waals surface area contributed by atoms with E-state index in [9.17, 15) is 8.78 Å². The van der Waals surface area contributed by atoms with Crippen LogP contribution in [0.3, 0.4) is 0 Å². The highest BCUT2D eigenvalue weighted by Crippen LogP contribution is 2.29. The van der Waals surface area contributed by atoms with E-state index in [0.29, 0.717) is 11.3 Å². The number of hydrogen-bond donors (Lipinski definition) is 0. The van der Waals surface area contributed by atoms with Crippen molar-refractivity contribution >= 4 is 27.5 Å². The van der Waals surface area contributed by atoms with Crippen molar-refractivity contribution in [3.63, 3.8) is 0 Å². The fourth-order valence-corrected chi connectivity index (χ4v) is 1.89. The molecule has 0 unspecified atom stereocenters. The minimum Gasteiger partial charge on any atom is -0.244 e. The summed E-state index contributed by atoms with van der Waals surface area (Å²) in [6, 6.07) is 1.57. The van der Waals surface area contributed by atoms with Crippen LogP contribution in [-0.4, -0.2) is 4.98 Å². The molecule has 1 aromatic rings. The fourth-order valence-electron chi connectivity index (χ4n) is 1.04. The Morgan fingerprint density at radius 1 is 1.62 bits per heavy atom. The number of halogens is 4. The maximum atomic E-state index is 12.4. The highest BCUT2D eigenvalue weighted by molar-refractivity contribution is 9.10. The maximum Gasteiger partial charge on any atom is 0.266 e. The SMILES string of the molecule is Cc1cc(CCl)nc(Br)c1C(F)F. The maximum absolute atomic E-state index is 12.4. The van der Waals surface area contributed by atoms with Crippen LogP contribution in [0.4, 0.5) is 8.78 Å². The lowest BCUT2D eigenvalue weighted by atomic mass is 10.1. The van der Waals surface area contributed by atoms with Gasteiger partial charge in [0.05, 0.1) is 17.1 Å². The first-order chi connectivity index (χ1) is 6.06. The lowest BCUT2D eigenvalue weighted by Crippen LogP contribution is -1.97. The molecule has 0 radical (unpaired) electrons. The van der Waals surface area contributed by atoms with Crippen LogP contribution in [0.2, 0.25) is 0 Å². The Morgan fingerprint density at radius 3 is 2.62 bits per heavy atom. The Labute approximate surface area is 88.2 Å². The topological polar surface area (TPSA) is 12.9 Å². The van der Waals surface area contributed by atoms with Crippen LogP contribution < -0.4 is 0 Å². The highest BCUT2D eigenvalue weighted by atomic mass is 79.9. The van der Waals surface area contributed by atoms with Gasteiger partial charge >= 0.3 is 0 Å². The quantitative estimate of drug-likeness (QED) is 0.588. The zero-order chi connectivity index (χ0) is 10.0. The first-order valence-electron chi connectivity index (χ1n) is 3.56. The lowest BCUT2D eigenvalue weighted by molar-refractivity contribution is 0.149. The zero-order valence-electron chi connectivity index (χ0n) is 6.82. The van der Waals surface area contributed by atoms with E-state index in [0.717, 1.165) is 0 Å². The molecule has 0 saturated carbocycles. The molecule has 0 aliphatic carbocycles. The Balaban J connectivity index is 3.23. The molecule has 1 aromatic heterocycles. The molecule has 0 fully saturated rings. The summed E-state index contributed by atoms with van der Waals surface area (Å²) >= 11 is 8.52. The van der Waals surface area contributed by atoms with Gasteiger partial charge in [-0.3, -0.25) is 0 Å². The number of hydrogen-bond acceptors (Lipinski definition) is 1. The number of aryl methyl sites for hydroxylation is 1. The van der Waals surface area contributed by atoms with Gasteiger partial charge in [0.25, 0.3) is 6.43 Å². The molecule has 0 amide bonds. The summed E-state index contributed by atoms with van der Waals surface area (Å²) in [5.41, 5.74) is 1.04. The molecule has 0 N–H and O–H groups in total. The average Bonchev–Trinajstić information content (AvgIpc) is 2.02. The molecule has 5 heteroatoms. The summed E-state index contributed by atoms with van der Waals surface area (Å²) in [6.45, 7) is 1.62. The van der Waals surface area contributed by atoms with Gasteiger partial charge < -0.3 is 0 Å². The number of aromatic nitrogens is 1. The van der Waals surface area contributed by atoms with Crippen LogP contribution in [0.5, 0.6) is 0 Å². The van der Waals surface area contributed by atoms with E-state index in [2.05, 4.69) is 20.9 Å². The second-order valence-electron chi connectivity index (χ2n) is 2.57. The Kier molecular flexibility index (Phi) is 3.62. The Morgan fingerprint density at radius 2 is 2.23 bits per heavy atom.